The molecule has 0 aliphatic carbocycles. The second-order valence-electron chi connectivity index (χ2n) is 23.3. The van der Waals surface area contributed by atoms with Crippen LogP contribution < -0.4 is 0 Å². The van der Waals surface area contributed by atoms with E-state index in [0.29, 0.717) is 25.7 Å². The lowest BCUT2D eigenvalue weighted by atomic mass is 10.0. The number of phosphoric ester groups is 2. The van der Waals surface area contributed by atoms with Crippen molar-refractivity contribution >= 4 is 39.5 Å². The third-order valence-electron chi connectivity index (χ3n) is 14.5. The second-order valence-corrected chi connectivity index (χ2v) is 26.2. The van der Waals surface area contributed by atoms with Crippen molar-refractivity contribution in [3.8, 4) is 0 Å². The molecule has 0 heterocycles. The Morgan fingerprint density at radius 3 is 0.829 bits per heavy atom. The normalized spacial score (nSPS) is 14.3. The number of phosphoric acid groups is 2. The van der Waals surface area contributed by atoms with Gasteiger partial charge in [0.1, 0.15) is 19.3 Å². The summed E-state index contributed by atoms with van der Waals surface area (Å²) in [7, 11) is -9.88. The molecule has 3 N–H and O–H groups in total. The maximum atomic E-state index is 13.0. The first-order chi connectivity index (χ1) is 39.5. The molecule has 2 unspecified atom stereocenters. The van der Waals surface area contributed by atoms with E-state index in [9.17, 15) is 43.2 Å². The van der Waals surface area contributed by atoms with E-state index in [2.05, 4.69) is 34.6 Å². The zero-order valence-electron chi connectivity index (χ0n) is 52.6. The minimum Gasteiger partial charge on any atom is -0.462 e. The minimum absolute atomic E-state index is 0.106. The van der Waals surface area contributed by atoms with Crippen molar-refractivity contribution < 1.29 is 80.2 Å². The van der Waals surface area contributed by atoms with Gasteiger partial charge in [-0.2, -0.15) is 0 Å². The molecule has 17 nitrogen and oxygen atoms in total. The molecule has 0 saturated heterocycles. The smallest absolute Gasteiger partial charge is 0.462 e. The van der Waals surface area contributed by atoms with Gasteiger partial charge in [0.25, 0.3) is 0 Å². The van der Waals surface area contributed by atoms with Crippen LogP contribution in [0.2, 0.25) is 0 Å². The molecule has 0 rings (SSSR count). The Morgan fingerprint density at radius 2 is 0.561 bits per heavy atom. The Hall–Kier alpha value is -1.94. The summed E-state index contributed by atoms with van der Waals surface area (Å²) in [5.74, 6) is -1.36. The lowest BCUT2D eigenvalue weighted by molar-refractivity contribution is -0.161. The van der Waals surface area contributed by atoms with Gasteiger partial charge >= 0.3 is 39.5 Å². The average Bonchev–Trinajstić information content (AvgIpc) is 3.45. The van der Waals surface area contributed by atoms with Crippen LogP contribution in [0.5, 0.6) is 0 Å². The van der Waals surface area contributed by atoms with Gasteiger partial charge in [-0.3, -0.25) is 37.3 Å². The Balaban J connectivity index is 5.20. The number of carbonyl (C=O) groups excluding carboxylic acids is 4. The number of hydrogen-bond donors (Lipinski definition) is 3. The molecule has 19 heteroatoms. The number of rotatable bonds is 63. The third-order valence-corrected chi connectivity index (χ3v) is 16.4. The van der Waals surface area contributed by atoms with Crippen LogP contribution in [0.1, 0.15) is 317 Å². The van der Waals surface area contributed by atoms with E-state index in [1.807, 2.05) is 0 Å². The van der Waals surface area contributed by atoms with Gasteiger partial charge in [0.15, 0.2) is 12.2 Å². The van der Waals surface area contributed by atoms with Gasteiger partial charge in [-0.1, -0.05) is 266 Å². The highest BCUT2D eigenvalue weighted by atomic mass is 31.2. The van der Waals surface area contributed by atoms with Crippen molar-refractivity contribution in [1.82, 2.24) is 0 Å². The zero-order valence-corrected chi connectivity index (χ0v) is 54.4. The quantitative estimate of drug-likeness (QED) is 0.0222. The molecule has 0 spiro atoms. The number of carbonyl (C=O) groups is 4. The van der Waals surface area contributed by atoms with Gasteiger partial charge in [-0.25, -0.2) is 9.13 Å². The van der Waals surface area contributed by atoms with Gasteiger partial charge in [-0.15, -0.1) is 0 Å². The summed E-state index contributed by atoms with van der Waals surface area (Å²) in [6, 6.07) is 0. The van der Waals surface area contributed by atoms with Crippen LogP contribution in [0.3, 0.4) is 0 Å². The summed E-state index contributed by atoms with van der Waals surface area (Å²) in [6.45, 7) is 7.15. The van der Waals surface area contributed by atoms with Gasteiger partial charge in [0.05, 0.1) is 26.4 Å². The molecule has 0 radical (unpaired) electrons. The highest BCUT2D eigenvalue weighted by Crippen LogP contribution is 2.45. The van der Waals surface area contributed by atoms with Crippen LogP contribution in [-0.2, 0) is 65.4 Å². The number of aliphatic hydroxyl groups is 1. The van der Waals surface area contributed by atoms with Crippen molar-refractivity contribution in [3.05, 3.63) is 0 Å². The Labute approximate surface area is 498 Å². The Kier molecular flexibility index (Phi) is 55.5. The van der Waals surface area contributed by atoms with Crippen LogP contribution in [0.15, 0.2) is 0 Å². The first-order valence-electron chi connectivity index (χ1n) is 33.1. The molecule has 5 atom stereocenters. The first kappa shape index (κ1) is 80.1. The fraction of sp³-hybridized carbons (Fsp3) is 0.937. The lowest BCUT2D eigenvalue weighted by Crippen LogP contribution is -2.30. The molecular weight excluding hydrogens is 1090 g/mol. The van der Waals surface area contributed by atoms with Gasteiger partial charge in [-0.05, 0) is 31.6 Å². The van der Waals surface area contributed by atoms with Crippen molar-refractivity contribution in [1.29, 1.82) is 0 Å². The van der Waals surface area contributed by atoms with Gasteiger partial charge in [0.2, 0.25) is 0 Å². The molecule has 0 aliphatic rings. The SMILES string of the molecule is CCCCCCCCCCCCC(=O)OC[C@H](COP(=O)(O)OC[C@@H](O)COP(=O)(O)OC[C@@H](COC(=O)CCCCCCCCCC)OC(=O)CCCCCCCCCCC)OC(=O)CCCCCCCCCCCCCCC(C)C. The van der Waals surface area contributed by atoms with Crippen LogP contribution in [-0.4, -0.2) is 96.7 Å². The molecule has 0 fully saturated rings. The van der Waals surface area contributed by atoms with Crippen molar-refractivity contribution in [2.24, 2.45) is 5.92 Å². The summed E-state index contributed by atoms with van der Waals surface area (Å²) >= 11 is 0. The fourth-order valence-corrected chi connectivity index (χ4v) is 11.0. The van der Waals surface area contributed by atoms with E-state index in [1.165, 1.54) is 135 Å². The largest absolute Gasteiger partial charge is 0.472 e. The second kappa shape index (κ2) is 56.8. The summed E-state index contributed by atoms with van der Waals surface area (Å²) in [5.41, 5.74) is 0. The number of unbranched alkanes of at least 4 members (excludes halogenated alkanes) is 35. The summed E-state index contributed by atoms with van der Waals surface area (Å²) < 4.78 is 67.9. The summed E-state index contributed by atoms with van der Waals surface area (Å²) in [4.78, 5) is 72.0. The molecule has 82 heavy (non-hydrogen) atoms. The number of hydrogen-bond acceptors (Lipinski definition) is 15. The van der Waals surface area contributed by atoms with E-state index in [1.54, 1.807) is 0 Å². The third kappa shape index (κ3) is 57.2. The van der Waals surface area contributed by atoms with E-state index in [0.717, 1.165) is 102 Å². The highest BCUT2D eigenvalue weighted by Gasteiger charge is 2.30. The number of ether oxygens (including phenoxy) is 4. The molecule has 0 aliphatic heterocycles. The minimum atomic E-state index is -4.94. The van der Waals surface area contributed by atoms with E-state index in [4.69, 9.17) is 37.0 Å². The van der Waals surface area contributed by atoms with E-state index >= 15 is 0 Å². The maximum absolute atomic E-state index is 13.0. The molecule has 0 amide bonds. The molecule has 486 valence electrons. The standard InChI is InChI=1S/C63H122O17P2/c1-6-9-12-15-18-21-28-32-37-42-47-61(66)74-53-59(80-63(68)49-44-39-34-29-25-23-22-24-27-30-35-40-45-56(4)5)55-78-82(71,72)76-51-57(64)50-75-81(69,70)77-54-58(52-73-60(65)46-41-36-31-20-17-14-11-8-3)79-62(67)48-43-38-33-26-19-16-13-10-7-2/h56-59,64H,6-55H2,1-5H3,(H,69,70)(H,71,72)/t57-,58+,59+/m0/s1. The van der Waals surface area contributed by atoms with Crippen molar-refractivity contribution in [2.75, 3.05) is 39.6 Å². The van der Waals surface area contributed by atoms with Crippen LogP contribution in [0.4, 0.5) is 0 Å². The average molecular weight is 1210 g/mol. The monoisotopic (exact) mass is 1210 g/mol. The Morgan fingerprint density at radius 1 is 0.329 bits per heavy atom. The first-order valence-corrected chi connectivity index (χ1v) is 36.1. The highest BCUT2D eigenvalue weighted by molar-refractivity contribution is 7.47. The van der Waals surface area contributed by atoms with Crippen molar-refractivity contribution in [2.45, 2.75) is 335 Å². The summed E-state index contributed by atoms with van der Waals surface area (Å²) in [5, 5.41) is 10.5. The molecule has 0 saturated carbocycles. The van der Waals surface area contributed by atoms with Crippen LogP contribution in [0.25, 0.3) is 0 Å². The van der Waals surface area contributed by atoms with Gasteiger partial charge < -0.3 is 33.8 Å². The molecule has 0 aromatic carbocycles. The summed E-state index contributed by atoms with van der Waals surface area (Å²) in [6.07, 6.45) is 40.3. The number of esters is 4. The topological polar surface area (TPSA) is 237 Å². The fourth-order valence-electron chi connectivity index (χ4n) is 9.41. The van der Waals surface area contributed by atoms with Crippen molar-refractivity contribution in [3.63, 3.8) is 0 Å². The predicted octanol–water partition coefficient (Wildman–Crippen LogP) is 17.4. The Bertz CT molecular complexity index is 1600. The predicted molar refractivity (Wildman–Crippen MR) is 326 cm³/mol. The molecule has 0 aromatic rings. The molecular formula is C63H122O17P2. The number of aliphatic hydroxyl groups excluding tert-OH is 1. The van der Waals surface area contributed by atoms with Gasteiger partial charge in [0, 0.05) is 25.7 Å². The molecule has 0 aromatic heterocycles. The van der Waals surface area contributed by atoms with Crippen LogP contribution in [0, 0.1) is 5.92 Å². The maximum Gasteiger partial charge on any atom is 0.472 e. The van der Waals surface area contributed by atoms with E-state index < -0.39 is 97.5 Å². The molecule has 0 bridgehead atoms. The van der Waals surface area contributed by atoms with E-state index in [-0.39, 0.29) is 25.7 Å². The zero-order chi connectivity index (χ0) is 60.6. The van der Waals surface area contributed by atoms with Crippen LogP contribution >= 0.6 is 15.6 Å². The lowest BCUT2D eigenvalue weighted by Gasteiger charge is -2.21.